The van der Waals surface area contributed by atoms with Gasteiger partial charge in [-0.15, -0.1) is 0 Å². The average molecular weight is 252 g/mol. The molecular weight excluding hydrogens is 236 g/mol. The highest BCUT2D eigenvalue weighted by Gasteiger charge is 2.10. The lowest BCUT2D eigenvalue weighted by molar-refractivity contribution is 0.414. The molecule has 1 unspecified atom stereocenters. The molecule has 0 N–H and O–H groups in total. The van der Waals surface area contributed by atoms with E-state index in [1.54, 1.807) is 19.5 Å². The van der Waals surface area contributed by atoms with Crippen LogP contribution in [0, 0.1) is 11.3 Å². The van der Waals surface area contributed by atoms with E-state index >= 15 is 0 Å². The monoisotopic (exact) mass is 252 g/mol. The molecule has 96 valence electrons. The molecule has 19 heavy (non-hydrogen) atoms. The number of methoxy groups -OCH3 is 1. The van der Waals surface area contributed by atoms with Gasteiger partial charge in [-0.05, 0) is 42.2 Å². The van der Waals surface area contributed by atoms with Gasteiger partial charge in [0.05, 0.1) is 19.1 Å². The Morgan fingerprint density at radius 1 is 1.32 bits per heavy atom. The third kappa shape index (κ3) is 3.56. The molecule has 0 saturated heterocycles. The van der Waals surface area contributed by atoms with Crippen molar-refractivity contribution in [2.75, 3.05) is 7.11 Å². The van der Waals surface area contributed by atoms with Crippen LogP contribution in [0.5, 0.6) is 5.75 Å². The molecule has 2 aromatic rings. The van der Waals surface area contributed by atoms with Crippen LogP contribution < -0.4 is 4.74 Å². The standard InChI is InChI=1S/C16H16N2O/c1-19-16-6-2-4-13(10-16)7-8-14(11-17)15-5-3-9-18-12-15/h2-6,9-10,12,14H,7-8H2,1H3. The van der Waals surface area contributed by atoms with E-state index in [-0.39, 0.29) is 5.92 Å². The number of pyridine rings is 1. The van der Waals surface area contributed by atoms with E-state index in [0.29, 0.717) is 0 Å². The van der Waals surface area contributed by atoms with E-state index in [9.17, 15) is 5.26 Å². The van der Waals surface area contributed by atoms with Crippen molar-refractivity contribution in [3.63, 3.8) is 0 Å². The first-order valence-electron chi connectivity index (χ1n) is 6.26. The minimum atomic E-state index is -0.111. The fourth-order valence-corrected chi connectivity index (χ4v) is 2.03. The van der Waals surface area contributed by atoms with Crippen molar-refractivity contribution < 1.29 is 4.74 Å². The molecule has 0 radical (unpaired) electrons. The van der Waals surface area contributed by atoms with Crippen molar-refractivity contribution in [1.82, 2.24) is 4.98 Å². The number of benzene rings is 1. The molecule has 0 aliphatic rings. The van der Waals surface area contributed by atoms with Crippen LogP contribution in [0.15, 0.2) is 48.8 Å². The molecule has 0 fully saturated rings. The van der Waals surface area contributed by atoms with Crippen molar-refractivity contribution in [3.8, 4) is 11.8 Å². The number of ether oxygens (including phenoxy) is 1. The molecule has 1 aromatic carbocycles. The molecular formula is C16H16N2O. The molecule has 1 aromatic heterocycles. The molecule has 1 heterocycles. The van der Waals surface area contributed by atoms with Crippen molar-refractivity contribution in [1.29, 1.82) is 5.26 Å². The van der Waals surface area contributed by atoms with Crippen LogP contribution in [0.25, 0.3) is 0 Å². The Bertz CT molecular complexity index is 560. The Morgan fingerprint density at radius 2 is 2.21 bits per heavy atom. The molecule has 0 spiro atoms. The first-order valence-corrected chi connectivity index (χ1v) is 6.26. The van der Waals surface area contributed by atoms with Gasteiger partial charge in [0.25, 0.3) is 0 Å². The molecule has 3 heteroatoms. The Hall–Kier alpha value is -2.34. The second-order valence-electron chi connectivity index (χ2n) is 4.36. The smallest absolute Gasteiger partial charge is 0.119 e. The van der Waals surface area contributed by atoms with Crippen LogP contribution in [0.1, 0.15) is 23.5 Å². The van der Waals surface area contributed by atoms with E-state index in [1.807, 2.05) is 30.3 Å². The van der Waals surface area contributed by atoms with E-state index in [2.05, 4.69) is 17.1 Å². The summed E-state index contributed by atoms with van der Waals surface area (Å²) >= 11 is 0. The van der Waals surface area contributed by atoms with Crippen LogP contribution in [-0.4, -0.2) is 12.1 Å². The number of hydrogen-bond acceptors (Lipinski definition) is 3. The number of nitrogens with zero attached hydrogens (tertiary/aromatic N) is 2. The zero-order valence-electron chi connectivity index (χ0n) is 10.9. The van der Waals surface area contributed by atoms with Gasteiger partial charge < -0.3 is 4.74 Å². The summed E-state index contributed by atoms with van der Waals surface area (Å²) in [4.78, 5) is 4.06. The largest absolute Gasteiger partial charge is 0.497 e. The van der Waals surface area contributed by atoms with E-state index in [0.717, 1.165) is 24.2 Å². The number of hydrogen-bond donors (Lipinski definition) is 0. The second kappa shape index (κ2) is 6.55. The maximum Gasteiger partial charge on any atom is 0.119 e. The number of rotatable bonds is 5. The van der Waals surface area contributed by atoms with E-state index in [1.165, 1.54) is 5.56 Å². The summed E-state index contributed by atoms with van der Waals surface area (Å²) < 4.78 is 5.20. The average Bonchev–Trinajstić information content (AvgIpc) is 2.49. The topological polar surface area (TPSA) is 45.9 Å². The summed E-state index contributed by atoms with van der Waals surface area (Å²) in [6.07, 6.45) is 5.12. The van der Waals surface area contributed by atoms with Gasteiger partial charge >= 0.3 is 0 Å². The molecule has 2 rings (SSSR count). The number of aromatic nitrogens is 1. The van der Waals surface area contributed by atoms with Gasteiger partial charge in [-0.2, -0.15) is 5.26 Å². The van der Waals surface area contributed by atoms with Gasteiger partial charge in [0.15, 0.2) is 0 Å². The number of aryl methyl sites for hydroxylation is 1. The summed E-state index contributed by atoms with van der Waals surface area (Å²) in [5.74, 6) is 0.743. The zero-order chi connectivity index (χ0) is 13.5. The predicted molar refractivity (Wildman–Crippen MR) is 73.9 cm³/mol. The van der Waals surface area contributed by atoms with E-state index in [4.69, 9.17) is 4.74 Å². The van der Waals surface area contributed by atoms with Crippen molar-refractivity contribution in [3.05, 3.63) is 59.9 Å². The Morgan fingerprint density at radius 3 is 2.89 bits per heavy atom. The molecule has 1 atom stereocenters. The molecule has 0 saturated carbocycles. The lowest BCUT2D eigenvalue weighted by Gasteiger charge is -2.09. The summed E-state index contributed by atoms with van der Waals surface area (Å²) in [5.41, 5.74) is 2.16. The normalized spacial score (nSPS) is 11.6. The molecule has 0 aliphatic heterocycles. The van der Waals surface area contributed by atoms with Gasteiger partial charge in [0, 0.05) is 12.4 Å². The third-order valence-corrected chi connectivity index (χ3v) is 3.10. The van der Waals surface area contributed by atoms with Crippen molar-refractivity contribution >= 4 is 0 Å². The quantitative estimate of drug-likeness (QED) is 0.820. The maximum atomic E-state index is 9.26. The van der Waals surface area contributed by atoms with Gasteiger partial charge in [-0.25, -0.2) is 0 Å². The van der Waals surface area contributed by atoms with Crippen LogP contribution in [0.2, 0.25) is 0 Å². The minimum absolute atomic E-state index is 0.111. The zero-order valence-corrected chi connectivity index (χ0v) is 10.9. The summed E-state index contributed by atoms with van der Waals surface area (Å²) in [7, 11) is 1.66. The van der Waals surface area contributed by atoms with Gasteiger partial charge in [0.1, 0.15) is 5.75 Å². The maximum absolute atomic E-state index is 9.26. The predicted octanol–water partition coefficient (Wildman–Crippen LogP) is 3.33. The lowest BCUT2D eigenvalue weighted by Crippen LogP contribution is -1.99. The molecule has 0 amide bonds. The minimum Gasteiger partial charge on any atom is -0.497 e. The summed E-state index contributed by atoms with van der Waals surface area (Å²) in [5, 5.41) is 9.26. The van der Waals surface area contributed by atoms with Crippen LogP contribution in [0.4, 0.5) is 0 Å². The fraction of sp³-hybridized carbons (Fsp3) is 0.250. The van der Waals surface area contributed by atoms with Gasteiger partial charge in [0.2, 0.25) is 0 Å². The van der Waals surface area contributed by atoms with Crippen LogP contribution in [0.3, 0.4) is 0 Å². The molecule has 0 bridgehead atoms. The Labute approximate surface area is 113 Å². The van der Waals surface area contributed by atoms with Crippen molar-refractivity contribution in [2.45, 2.75) is 18.8 Å². The first kappa shape index (κ1) is 13.1. The SMILES string of the molecule is COc1cccc(CCC(C#N)c2cccnc2)c1. The third-order valence-electron chi connectivity index (χ3n) is 3.10. The number of nitriles is 1. The van der Waals surface area contributed by atoms with Gasteiger partial charge in [-0.1, -0.05) is 18.2 Å². The van der Waals surface area contributed by atoms with Gasteiger partial charge in [-0.3, -0.25) is 4.98 Å². The van der Waals surface area contributed by atoms with Crippen LogP contribution in [-0.2, 0) is 6.42 Å². The Kier molecular flexibility index (Phi) is 4.52. The Balaban J connectivity index is 2.02. The lowest BCUT2D eigenvalue weighted by atomic mass is 9.95. The fourth-order valence-electron chi connectivity index (χ4n) is 2.03. The second-order valence-corrected chi connectivity index (χ2v) is 4.36. The van der Waals surface area contributed by atoms with Crippen molar-refractivity contribution in [2.24, 2.45) is 0 Å². The van der Waals surface area contributed by atoms with Crippen LogP contribution >= 0.6 is 0 Å². The van der Waals surface area contributed by atoms with E-state index < -0.39 is 0 Å². The molecule has 0 aliphatic carbocycles. The highest BCUT2D eigenvalue weighted by molar-refractivity contribution is 5.29. The summed E-state index contributed by atoms with van der Waals surface area (Å²) in [6, 6.07) is 14.1. The highest BCUT2D eigenvalue weighted by atomic mass is 16.5. The molecule has 3 nitrogen and oxygen atoms in total. The summed E-state index contributed by atoms with van der Waals surface area (Å²) in [6.45, 7) is 0. The highest BCUT2D eigenvalue weighted by Crippen LogP contribution is 2.21. The first-order chi connectivity index (χ1) is 9.33.